The summed E-state index contributed by atoms with van der Waals surface area (Å²) >= 11 is 0. The van der Waals surface area contributed by atoms with Crippen LogP contribution in [-0.4, -0.2) is 33.5 Å². The van der Waals surface area contributed by atoms with E-state index < -0.39 is 33.8 Å². The molecule has 33 heavy (non-hydrogen) atoms. The Kier molecular flexibility index (Phi) is 7.29. The fourth-order valence-electron chi connectivity index (χ4n) is 2.72. The van der Waals surface area contributed by atoms with Gasteiger partial charge in [-0.3, -0.25) is 9.52 Å². The van der Waals surface area contributed by atoms with Crippen LogP contribution >= 0.6 is 0 Å². The van der Waals surface area contributed by atoms with Gasteiger partial charge in [-0.15, -0.1) is 0 Å². The summed E-state index contributed by atoms with van der Waals surface area (Å²) in [4.78, 5) is 24.6. The third-order valence-corrected chi connectivity index (χ3v) is 5.87. The predicted octanol–water partition coefficient (Wildman–Crippen LogP) is 3.82. The molecule has 0 aliphatic rings. The Labute approximate surface area is 190 Å². The molecule has 172 valence electrons. The van der Waals surface area contributed by atoms with E-state index in [1.807, 2.05) is 0 Å². The quantitative estimate of drug-likeness (QED) is 0.482. The standard InChI is InChI=1S/C23H21FN2O6S/c1-15(22(27)25-18-8-6-17(24)7-9-18)32-23(28)16-4-3-5-21(14-16)33(29,30)26-19-10-12-20(31-2)13-11-19/h3-15,26H,1-2H3,(H,25,27). The zero-order valence-corrected chi connectivity index (χ0v) is 18.6. The minimum absolute atomic E-state index is 0.0472. The van der Waals surface area contributed by atoms with Crippen molar-refractivity contribution < 1.29 is 31.9 Å². The second-order valence-electron chi connectivity index (χ2n) is 6.91. The second-order valence-corrected chi connectivity index (χ2v) is 8.59. The zero-order chi connectivity index (χ0) is 24.0. The average molecular weight is 472 g/mol. The molecule has 3 aromatic rings. The molecule has 0 radical (unpaired) electrons. The average Bonchev–Trinajstić information content (AvgIpc) is 2.80. The second kappa shape index (κ2) is 10.1. The number of rotatable bonds is 8. The van der Waals surface area contributed by atoms with E-state index >= 15 is 0 Å². The first-order valence-corrected chi connectivity index (χ1v) is 11.2. The molecule has 0 fully saturated rings. The summed E-state index contributed by atoms with van der Waals surface area (Å²) in [6, 6.07) is 16.6. The van der Waals surface area contributed by atoms with E-state index in [1.165, 1.54) is 68.6 Å². The van der Waals surface area contributed by atoms with Gasteiger partial charge in [0.2, 0.25) is 0 Å². The van der Waals surface area contributed by atoms with Crippen LogP contribution in [0.2, 0.25) is 0 Å². The predicted molar refractivity (Wildman–Crippen MR) is 120 cm³/mol. The first-order valence-electron chi connectivity index (χ1n) is 9.72. The largest absolute Gasteiger partial charge is 0.497 e. The number of sulfonamides is 1. The van der Waals surface area contributed by atoms with Crippen LogP contribution in [0.5, 0.6) is 5.75 Å². The molecule has 1 atom stereocenters. The van der Waals surface area contributed by atoms with Crippen molar-refractivity contribution in [1.82, 2.24) is 0 Å². The van der Waals surface area contributed by atoms with Crippen LogP contribution in [0.25, 0.3) is 0 Å². The Morgan fingerprint density at radius 2 is 1.58 bits per heavy atom. The van der Waals surface area contributed by atoms with Gasteiger partial charge in [0.1, 0.15) is 11.6 Å². The minimum atomic E-state index is -3.99. The summed E-state index contributed by atoms with van der Waals surface area (Å²) in [6.07, 6.45) is -1.18. The smallest absolute Gasteiger partial charge is 0.338 e. The highest BCUT2D eigenvalue weighted by atomic mass is 32.2. The van der Waals surface area contributed by atoms with E-state index in [-0.39, 0.29) is 10.5 Å². The maximum atomic E-state index is 13.0. The number of carbonyl (C=O) groups excluding carboxylic acids is 2. The van der Waals surface area contributed by atoms with Gasteiger partial charge >= 0.3 is 5.97 Å². The molecular weight excluding hydrogens is 451 g/mol. The summed E-state index contributed by atoms with van der Waals surface area (Å²) in [5, 5.41) is 2.50. The molecule has 0 bridgehead atoms. The van der Waals surface area contributed by atoms with Crippen molar-refractivity contribution >= 4 is 33.3 Å². The fourth-order valence-corrected chi connectivity index (χ4v) is 3.83. The van der Waals surface area contributed by atoms with Crippen LogP contribution in [0.3, 0.4) is 0 Å². The fraction of sp³-hybridized carbons (Fsp3) is 0.130. The monoisotopic (exact) mass is 472 g/mol. The molecule has 0 saturated carbocycles. The Hall–Kier alpha value is -3.92. The van der Waals surface area contributed by atoms with E-state index in [4.69, 9.17) is 9.47 Å². The number of benzene rings is 3. The number of hydrogen-bond acceptors (Lipinski definition) is 6. The summed E-state index contributed by atoms with van der Waals surface area (Å²) in [5.74, 6) is -1.39. The molecule has 10 heteroatoms. The molecule has 3 aromatic carbocycles. The molecule has 0 aromatic heterocycles. The molecular formula is C23H21FN2O6S. The third-order valence-electron chi connectivity index (χ3n) is 4.49. The molecule has 0 spiro atoms. The van der Waals surface area contributed by atoms with Gasteiger partial charge in [0, 0.05) is 11.4 Å². The van der Waals surface area contributed by atoms with Crippen molar-refractivity contribution in [3.05, 3.63) is 84.2 Å². The summed E-state index contributed by atoms with van der Waals surface area (Å²) < 4.78 is 51.0. The Morgan fingerprint density at radius 1 is 0.939 bits per heavy atom. The van der Waals surface area contributed by atoms with E-state index in [1.54, 1.807) is 12.1 Å². The van der Waals surface area contributed by atoms with Crippen molar-refractivity contribution in [2.75, 3.05) is 17.1 Å². The molecule has 0 heterocycles. The number of anilines is 2. The van der Waals surface area contributed by atoms with Crippen molar-refractivity contribution in [1.29, 1.82) is 0 Å². The highest BCUT2D eigenvalue weighted by Crippen LogP contribution is 2.20. The van der Waals surface area contributed by atoms with Crippen LogP contribution in [0, 0.1) is 5.82 Å². The van der Waals surface area contributed by atoms with Crippen LogP contribution in [0.1, 0.15) is 17.3 Å². The number of hydrogen-bond donors (Lipinski definition) is 2. The normalized spacial score (nSPS) is 11.8. The lowest BCUT2D eigenvalue weighted by atomic mass is 10.2. The minimum Gasteiger partial charge on any atom is -0.497 e. The first kappa shape index (κ1) is 23.7. The number of carbonyl (C=O) groups is 2. The molecule has 0 aliphatic heterocycles. The number of ether oxygens (including phenoxy) is 2. The van der Waals surface area contributed by atoms with E-state index in [9.17, 15) is 22.4 Å². The van der Waals surface area contributed by atoms with Gasteiger partial charge in [-0.05, 0) is 73.7 Å². The molecule has 8 nitrogen and oxygen atoms in total. The number of methoxy groups -OCH3 is 1. The molecule has 1 amide bonds. The van der Waals surface area contributed by atoms with Crippen LogP contribution in [0.15, 0.2) is 77.7 Å². The topological polar surface area (TPSA) is 111 Å². The van der Waals surface area contributed by atoms with Crippen LogP contribution < -0.4 is 14.8 Å². The van der Waals surface area contributed by atoms with Gasteiger partial charge in [0.25, 0.3) is 15.9 Å². The van der Waals surface area contributed by atoms with Crippen LogP contribution in [-0.2, 0) is 19.6 Å². The highest BCUT2D eigenvalue weighted by molar-refractivity contribution is 7.92. The Bertz CT molecular complexity index is 1240. The highest BCUT2D eigenvalue weighted by Gasteiger charge is 2.21. The lowest BCUT2D eigenvalue weighted by Crippen LogP contribution is -2.30. The van der Waals surface area contributed by atoms with Crippen molar-refractivity contribution in [2.45, 2.75) is 17.9 Å². The van der Waals surface area contributed by atoms with Crippen LogP contribution in [0.4, 0.5) is 15.8 Å². The number of amides is 1. The first-order chi connectivity index (χ1) is 15.7. The molecule has 0 aliphatic carbocycles. The number of nitrogens with one attached hydrogen (secondary N) is 2. The van der Waals surface area contributed by atoms with Gasteiger partial charge in [-0.25, -0.2) is 17.6 Å². The van der Waals surface area contributed by atoms with E-state index in [2.05, 4.69) is 10.0 Å². The SMILES string of the molecule is COc1ccc(NS(=O)(=O)c2cccc(C(=O)OC(C)C(=O)Nc3ccc(F)cc3)c2)cc1. The molecule has 0 saturated heterocycles. The number of halogens is 1. The lowest BCUT2D eigenvalue weighted by molar-refractivity contribution is -0.123. The zero-order valence-electron chi connectivity index (χ0n) is 17.7. The van der Waals surface area contributed by atoms with Gasteiger partial charge < -0.3 is 14.8 Å². The lowest BCUT2D eigenvalue weighted by Gasteiger charge is -2.14. The Balaban J connectivity index is 1.67. The molecule has 3 rings (SSSR count). The van der Waals surface area contributed by atoms with Gasteiger partial charge in [-0.1, -0.05) is 6.07 Å². The van der Waals surface area contributed by atoms with Crippen molar-refractivity contribution in [2.24, 2.45) is 0 Å². The van der Waals surface area contributed by atoms with Crippen molar-refractivity contribution in [3.63, 3.8) is 0 Å². The summed E-state index contributed by atoms with van der Waals surface area (Å²) in [7, 11) is -2.49. The maximum absolute atomic E-state index is 13.0. The van der Waals surface area contributed by atoms with Gasteiger partial charge in [0.05, 0.1) is 17.6 Å². The summed E-state index contributed by atoms with van der Waals surface area (Å²) in [5.41, 5.74) is 0.603. The summed E-state index contributed by atoms with van der Waals surface area (Å²) in [6.45, 7) is 1.36. The van der Waals surface area contributed by atoms with Gasteiger partial charge in [-0.2, -0.15) is 0 Å². The Morgan fingerprint density at radius 3 is 2.21 bits per heavy atom. The van der Waals surface area contributed by atoms with Crippen molar-refractivity contribution in [3.8, 4) is 5.75 Å². The van der Waals surface area contributed by atoms with E-state index in [0.717, 1.165) is 6.07 Å². The molecule has 1 unspecified atom stereocenters. The van der Waals surface area contributed by atoms with Gasteiger partial charge in [0.15, 0.2) is 6.10 Å². The number of esters is 1. The third kappa shape index (κ3) is 6.30. The molecule has 2 N–H and O–H groups in total. The van der Waals surface area contributed by atoms with E-state index in [0.29, 0.717) is 17.1 Å². The maximum Gasteiger partial charge on any atom is 0.338 e.